The number of phenolic OH excluding ortho intramolecular Hbond substituents is 2. The minimum atomic E-state index is -0.414. The third-order valence-electron chi connectivity index (χ3n) is 3.65. The molecule has 2 aromatic carbocycles. The van der Waals surface area contributed by atoms with Crippen LogP contribution in [0, 0.1) is 20.8 Å². The summed E-state index contributed by atoms with van der Waals surface area (Å²) in [7, 11) is 0. The number of carbonyl (C=O) groups excluding carboxylic acids is 1. The van der Waals surface area contributed by atoms with Crippen LogP contribution in [-0.2, 0) is 4.79 Å². The van der Waals surface area contributed by atoms with E-state index in [1.54, 1.807) is 13.0 Å². The Morgan fingerprint density at radius 3 is 2.67 bits per heavy atom. The Labute approximate surface area is 140 Å². The largest absolute Gasteiger partial charge is 0.508 e. The minimum Gasteiger partial charge on any atom is -0.508 e. The molecule has 126 valence electrons. The summed E-state index contributed by atoms with van der Waals surface area (Å²) in [6.07, 6.45) is 1.32. The summed E-state index contributed by atoms with van der Waals surface area (Å²) < 4.78 is 5.48. The Balaban J connectivity index is 1.93. The topological polar surface area (TPSA) is 91.2 Å². The summed E-state index contributed by atoms with van der Waals surface area (Å²) in [5, 5.41) is 22.9. The van der Waals surface area contributed by atoms with Crippen LogP contribution in [0.25, 0.3) is 0 Å². The second kappa shape index (κ2) is 7.50. The number of hydrogen-bond donors (Lipinski definition) is 3. The molecule has 0 aliphatic carbocycles. The van der Waals surface area contributed by atoms with Gasteiger partial charge in [0, 0.05) is 11.6 Å². The fourth-order valence-electron chi connectivity index (χ4n) is 2.15. The van der Waals surface area contributed by atoms with Crippen molar-refractivity contribution in [3.05, 3.63) is 52.6 Å². The van der Waals surface area contributed by atoms with E-state index in [4.69, 9.17) is 4.74 Å². The summed E-state index contributed by atoms with van der Waals surface area (Å²) in [6.45, 7) is 5.45. The predicted molar refractivity (Wildman–Crippen MR) is 91.7 cm³/mol. The van der Waals surface area contributed by atoms with Gasteiger partial charge in [-0.2, -0.15) is 5.10 Å². The van der Waals surface area contributed by atoms with Crippen molar-refractivity contribution in [3.63, 3.8) is 0 Å². The molecule has 0 bridgehead atoms. The van der Waals surface area contributed by atoms with E-state index < -0.39 is 5.91 Å². The van der Waals surface area contributed by atoms with Crippen molar-refractivity contribution in [2.45, 2.75) is 20.8 Å². The molecule has 2 aromatic rings. The van der Waals surface area contributed by atoms with Crippen molar-refractivity contribution in [2.24, 2.45) is 5.10 Å². The number of carbonyl (C=O) groups is 1. The average molecular weight is 328 g/mol. The first-order chi connectivity index (χ1) is 11.4. The molecule has 0 saturated carbocycles. The van der Waals surface area contributed by atoms with Crippen LogP contribution in [0.15, 0.2) is 35.4 Å². The van der Waals surface area contributed by atoms with E-state index >= 15 is 0 Å². The Kier molecular flexibility index (Phi) is 5.42. The zero-order chi connectivity index (χ0) is 17.7. The van der Waals surface area contributed by atoms with Crippen LogP contribution >= 0.6 is 0 Å². The molecule has 6 heteroatoms. The van der Waals surface area contributed by atoms with Gasteiger partial charge < -0.3 is 14.9 Å². The molecule has 0 aliphatic rings. The summed E-state index contributed by atoms with van der Waals surface area (Å²) in [6, 6.07) is 8.34. The Morgan fingerprint density at radius 2 is 1.96 bits per heavy atom. The number of nitrogens with one attached hydrogen (secondary N) is 1. The number of benzene rings is 2. The highest BCUT2D eigenvalue weighted by Gasteiger charge is 2.07. The van der Waals surface area contributed by atoms with Crippen LogP contribution in [-0.4, -0.2) is 28.9 Å². The molecule has 0 atom stereocenters. The van der Waals surface area contributed by atoms with Gasteiger partial charge in [0.1, 0.15) is 17.2 Å². The molecule has 1 amide bonds. The van der Waals surface area contributed by atoms with E-state index in [9.17, 15) is 15.0 Å². The number of hydrogen-bond acceptors (Lipinski definition) is 5. The quantitative estimate of drug-likeness (QED) is 0.581. The maximum absolute atomic E-state index is 11.8. The number of aromatic hydroxyl groups is 2. The van der Waals surface area contributed by atoms with Crippen molar-refractivity contribution < 1.29 is 19.7 Å². The molecule has 0 spiro atoms. The van der Waals surface area contributed by atoms with Gasteiger partial charge in [-0.3, -0.25) is 4.79 Å². The molecule has 0 aliphatic heterocycles. The van der Waals surface area contributed by atoms with Crippen molar-refractivity contribution >= 4 is 12.1 Å². The lowest BCUT2D eigenvalue weighted by atomic mass is 10.1. The number of aryl methyl sites for hydroxylation is 2. The maximum atomic E-state index is 11.8. The van der Waals surface area contributed by atoms with Crippen LogP contribution in [0.2, 0.25) is 0 Å². The SMILES string of the molecule is Cc1cccc(OCC(=O)NN=Cc2c(C)cc(O)cc2O)c1C. The van der Waals surface area contributed by atoms with E-state index in [1.165, 1.54) is 18.3 Å². The van der Waals surface area contributed by atoms with Crippen LogP contribution < -0.4 is 10.2 Å². The van der Waals surface area contributed by atoms with E-state index in [0.29, 0.717) is 16.9 Å². The Hall–Kier alpha value is -3.02. The second-order valence-electron chi connectivity index (χ2n) is 5.48. The molecule has 2 rings (SSSR count). The number of rotatable bonds is 5. The van der Waals surface area contributed by atoms with Crippen molar-refractivity contribution in [3.8, 4) is 17.2 Å². The maximum Gasteiger partial charge on any atom is 0.277 e. The fraction of sp³-hybridized carbons (Fsp3) is 0.222. The van der Waals surface area contributed by atoms with Gasteiger partial charge in [-0.25, -0.2) is 5.43 Å². The number of ether oxygens (including phenoxy) is 1. The fourth-order valence-corrected chi connectivity index (χ4v) is 2.15. The third kappa shape index (κ3) is 4.25. The molecule has 3 N–H and O–H groups in total. The molecule has 24 heavy (non-hydrogen) atoms. The van der Waals surface area contributed by atoms with Gasteiger partial charge in [-0.1, -0.05) is 12.1 Å². The van der Waals surface area contributed by atoms with Crippen molar-refractivity contribution in [2.75, 3.05) is 6.61 Å². The molecular formula is C18H20N2O4. The normalized spacial score (nSPS) is 10.8. The van der Waals surface area contributed by atoms with Gasteiger partial charge >= 0.3 is 0 Å². The van der Waals surface area contributed by atoms with Crippen LogP contribution in [0.4, 0.5) is 0 Å². The lowest BCUT2D eigenvalue weighted by Crippen LogP contribution is -2.24. The smallest absolute Gasteiger partial charge is 0.277 e. The van der Waals surface area contributed by atoms with Gasteiger partial charge in [-0.05, 0) is 49.6 Å². The first-order valence-corrected chi connectivity index (χ1v) is 7.42. The lowest BCUT2D eigenvalue weighted by molar-refractivity contribution is -0.123. The highest BCUT2D eigenvalue weighted by atomic mass is 16.5. The second-order valence-corrected chi connectivity index (χ2v) is 5.48. The highest BCUT2D eigenvalue weighted by Crippen LogP contribution is 2.25. The van der Waals surface area contributed by atoms with Crippen LogP contribution in [0.5, 0.6) is 17.2 Å². The van der Waals surface area contributed by atoms with Crippen LogP contribution in [0.1, 0.15) is 22.3 Å². The summed E-state index contributed by atoms with van der Waals surface area (Å²) >= 11 is 0. The number of phenols is 2. The van der Waals surface area contributed by atoms with E-state index in [-0.39, 0.29) is 18.1 Å². The first kappa shape index (κ1) is 17.3. The molecule has 6 nitrogen and oxygen atoms in total. The molecule has 0 saturated heterocycles. The van der Waals surface area contributed by atoms with Crippen molar-refractivity contribution in [1.29, 1.82) is 0 Å². The van der Waals surface area contributed by atoms with E-state index in [0.717, 1.165) is 11.1 Å². The van der Waals surface area contributed by atoms with E-state index in [1.807, 2.05) is 26.0 Å². The minimum absolute atomic E-state index is 0.0342. The zero-order valence-corrected chi connectivity index (χ0v) is 13.8. The van der Waals surface area contributed by atoms with Gasteiger partial charge in [0.15, 0.2) is 6.61 Å². The van der Waals surface area contributed by atoms with Gasteiger partial charge in [0.05, 0.1) is 6.21 Å². The molecule has 0 heterocycles. The van der Waals surface area contributed by atoms with Gasteiger partial charge in [0.25, 0.3) is 5.91 Å². The van der Waals surface area contributed by atoms with Crippen molar-refractivity contribution in [1.82, 2.24) is 5.43 Å². The summed E-state index contributed by atoms with van der Waals surface area (Å²) in [5.41, 5.74) is 5.46. The molecule has 0 radical (unpaired) electrons. The Morgan fingerprint density at radius 1 is 1.21 bits per heavy atom. The summed E-state index contributed by atoms with van der Waals surface area (Å²) in [4.78, 5) is 11.8. The first-order valence-electron chi connectivity index (χ1n) is 7.42. The molecular weight excluding hydrogens is 308 g/mol. The third-order valence-corrected chi connectivity index (χ3v) is 3.65. The van der Waals surface area contributed by atoms with Crippen LogP contribution in [0.3, 0.4) is 0 Å². The monoisotopic (exact) mass is 328 g/mol. The molecule has 0 unspecified atom stereocenters. The average Bonchev–Trinajstić information content (AvgIpc) is 2.51. The lowest BCUT2D eigenvalue weighted by Gasteiger charge is -2.09. The Bertz CT molecular complexity index is 762. The molecule has 0 fully saturated rings. The summed E-state index contributed by atoms with van der Waals surface area (Å²) in [5.74, 6) is 0.0921. The highest BCUT2D eigenvalue weighted by molar-refractivity contribution is 5.87. The molecule has 0 aromatic heterocycles. The predicted octanol–water partition coefficient (Wildman–Crippen LogP) is 2.55. The standard InChI is InChI=1S/C18H20N2O4/c1-11-5-4-6-17(13(11)3)24-10-18(23)20-19-9-15-12(2)7-14(21)8-16(15)22/h4-9,21-22H,10H2,1-3H3,(H,20,23). The number of nitrogens with zero attached hydrogens (tertiary/aromatic N) is 1. The van der Waals surface area contributed by atoms with E-state index in [2.05, 4.69) is 10.5 Å². The van der Waals surface area contributed by atoms with Gasteiger partial charge in [0.2, 0.25) is 0 Å². The zero-order valence-electron chi connectivity index (χ0n) is 13.8. The number of hydrazone groups is 1. The number of amides is 1. The van der Waals surface area contributed by atoms with Gasteiger partial charge in [-0.15, -0.1) is 0 Å².